The quantitative estimate of drug-likeness (QED) is 0.554. The van der Waals surface area contributed by atoms with Crippen molar-refractivity contribution >= 4 is 5.95 Å². The summed E-state index contributed by atoms with van der Waals surface area (Å²) in [5.41, 5.74) is 2.35. The first-order chi connectivity index (χ1) is 10.2. The summed E-state index contributed by atoms with van der Waals surface area (Å²) in [5.74, 6) is 6.04. The van der Waals surface area contributed by atoms with Gasteiger partial charge in [-0.2, -0.15) is 15.1 Å². The number of hydrogen-bond donors (Lipinski definition) is 2. The number of nitrogen functional groups attached to an aromatic ring is 1. The molecule has 0 aliphatic heterocycles. The zero-order valence-electron chi connectivity index (χ0n) is 12.1. The Bertz CT molecular complexity index is 572. The standard InChI is InChI=1S/C12H19N7O2/c1-3-5-19-8-9(7-14-19)21-12-16-10(18-13)15-11(17-12)20-6-4-2/h7-8H,3-6,13H2,1-2H3,(H,15,16,17,18). The molecule has 2 heterocycles. The van der Waals surface area contributed by atoms with Crippen molar-refractivity contribution in [3.05, 3.63) is 12.4 Å². The second-order valence-corrected chi connectivity index (χ2v) is 4.26. The van der Waals surface area contributed by atoms with Gasteiger partial charge in [-0.1, -0.05) is 13.8 Å². The van der Waals surface area contributed by atoms with Gasteiger partial charge in [0.25, 0.3) is 0 Å². The van der Waals surface area contributed by atoms with Gasteiger partial charge in [0.15, 0.2) is 5.75 Å². The highest BCUT2D eigenvalue weighted by atomic mass is 16.5. The molecule has 0 spiro atoms. The fourth-order valence-corrected chi connectivity index (χ4v) is 1.56. The number of nitrogens with one attached hydrogen (secondary N) is 1. The third-order valence-electron chi connectivity index (χ3n) is 2.43. The number of anilines is 1. The maximum atomic E-state index is 5.55. The topological polar surface area (TPSA) is 113 Å². The zero-order valence-corrected chi connectivity index (χ0v) is 12.1. The first kappa shape index (κ1) is 15.0. The second kappa shape index (κ2) is 7.39. The van der Waals surface area contributed by atoms with Crippen molar-refractivity contribution in [2.75, 3.05) is 12.0 Å². The molecular weight excluding hydrogens is 274 g/mol. The summed E-state index contributed by atoms with van der Waals surface area (Å²) in [5, 5.41) is 4.17. The van der Waals surface area contributed by atoms with E-state index >= 15 is 0 Å². The van der Waals surface area contributed by atoms with Gasteiger partial charge in [0.1, 0.15) is 0 Å². The van der Waals surface area contributed by atoms with Crippen LogP contribution in [0.15, 0.2) is 12.4 Å². The van der Waals surface area contributed by atoms with Crippen LogP contribution in [0.25, 0.3) is 0 Å². The van der Waals surface area contributed by atoms with E-state index in [9.17, 15) is 0 Å². The predicted octanol–water partition coefficient (Wildman–Crippen LogP) is 1.34. The summed E-state index contributed by atoms with van der Waals surface area (Å²) in [4.78, 5) is 12.1. The maximum absolute atomic E-state index is 5.55. The minimum atomic E-state index is 0.0973. The van der Waals surface area contributed by atoms with Gasteiger partial charge >= 0.3 is 12.0 Å². The lowest BCUT2D eigenvalue weighted by atomic mass is 10.5. The largest absolute Gasteiger partial charge is 0.463 e. The van der Waals surface area contributed by atoms with E-state index in [0.717, 1.165) is 19.4 Å². The molecule has 0 fully saturated rings. The Morgan fingerprint density at radius 2 is 2.00 bits per heavy atom. The van der Waals surface area contributed by atoms with Crippen LogP contribution in [0.1, 0.15) is 26.7 Å². The number of aromatic nitrogens is 5. The molecule has 0 aliphatic rings. The molecule has 0 aliphatic carbocycles. The Labute approximate surface area is 122 Å². The Morgan fingerprint density at radius 1 is 1.19 bits per heavy atom. The van der Waals surface area contributed by atoms with E-state index in [4.69, 9.17) is 15.3 Å². The lowest BCUT2D eigenvalue weighted by Gasteiger charge is -2.06. The average Bonchev–Trinajstić information content (AvgIpc) is 2.92. The molecule has 0 saturated heterocycles. The van der Waals surface area contributed by atoms with Gasteiger partial charge in [-0.3, -0.25) is 10.1 Å². The summed E-state index contributed by atoms with van der Waals surface area (Å²) in [6, 6.07) is 0.260. The molecule has 3 N–H and O–H groups in total. The van der Waals surface area contributed by atoms with Gasteiger partial charge in [0, 0.05) is 6.54 Å². The molecule has 114 valence electrons. The molecule has 9 nitrogen and oxygen atoms in total. The highest BCUT2D eigenvalue weighted by molar-refractivity contribution is 5.27. The summed E-state index contributed by atoms with van der Waals surface area (Å²) < 4.78 is 12.7. The van der Waals surface area contributed by atoms with Gasteiger partial charge in [0.2, 0.25) is 5.95 Å². The number of hydrogen-bond acceptors (Lipinski definition) is 8. The van der Waals surface area contributed by atoms with Gasteiger partial charge in [-0.25, -0.2) is 5.84 Å². The van der Waals surface area contributed by atoms with E-state index in [1.807, 2.05) is 6.92 Å². The van der Waals surface area contributed by atoms with Crippen molar-refractivity contribution in [3.63, 3.8) is 0 Å². The maximum Gasteiger partial charge on any atom is 0.330 e. The monoisotopic (exact) mass is 293 g/mol. The summed E-state index contributed by atoms with van der Waals surface area (Å²) >= 11 is 0. The van der Waals surface area contributed by atoms with Gasteiger partial charge in [-0.15, -0.1) is 4.98 Å². The molecule has 2 aromatic heterocycles. The molecule has 0 bridgehead atoms. The number of hydrazine groups is 1. The summed E-state index contributed by atoms with van der Waals surface area (Å²) in [6.07, 6.45) is 5.21. The molecule has 21 heavy (non-hydrogen) atoms. The van der Waals surface area contributed by atoms with Crippen LogP contribution in [-0.4, -0.2) is 31.3 Å². The first-order valence-corrected chi connectivity index (χ1v) is 6.81. The molecule has 0 aromatic carbocycles. The fourth-order valence-electron chi connectivity index (χ4n) is 1.56. The van der Waals surface area contributed by atoms with E-state index in [-0.39, 0.29) is 18.0 Å². The highest BCUT2D eigenvalue weighted by Gasteiger charge is 2.10. The van der Waals surface area contributed by atoms with Crippen LogP contribution < -0.4 is 20.7 Å². The Morgan fingerprint density at radius 3 is 2.71 bits per heavy atom. The van der Waals surface area contributed by atoms with E-state index in [1.54, 1.807) is 17.1 Å². The molecule has 0 amide bonds. The molecule has 2 aromatic rings. The Hall–Kier alpha value is -2.42. The number of ether oxygens (including phenoxy) is 2. The van der Waals surface area contributed by atoms with E-state index in [2.05, 4.69) is 32.4 Å². The van der Waals surface area contributed by atoms with Crippen LogP contribution in [-0.2, 0) is 6.54 Å². The van der Waals surface area contributed by atoms with Crippen molar-refractivity contribution < 1.29 is 9.47 Å². The second-order valence-electron chi connectivity index (χ2n) is 4.26. The fraction of sp³-hybridized carbons (Fsp3) is 0.500. The van der Waals surface area contributed by atoms with Gasteiger partial charge < -0.3 is 9.47 Å². The molecule has 9 heteroatoms. The van der Waals surface area contributed by atoms with Crippen molar-refractivity contribution in [2.24, 2.45) is 5.84 Å². The SMILES string of the molecule is CCCOc1nc(NN)nc(Oc2cnn(CCC)c2)n1. The Kier molecular flexibility index (Phi) is 5.27. The van der Waals surface area contributed by atoms with E-state index in [0.29, 0.717) is 12.4 Å². The Balaban J connectivity index is 2.13. The van der Waals surface area contributed by atoms with Crippen LogP contribution >= 0.6 is 0 Å². The molecule has 0 saturated carbocycles. The summed E-state index contributed by atoms with van der Waals surface area (Å²) in [6.45, 7) is 5.39. The minimum absolute atomic E-state index is 0.0973. The number of nitrogens with two attached hydrogens (primary N) is 1. The average molecular weight is 293 g/mol. The van der Waals surface area contributed by atoms with Crippen molar-refractivity contribution in [2.45, 2.75) is 33.2 Å². The van der Waals surface area contributed by atoms with E-state index in [1.165, 1.54) is 0 Å². The molecular formula is C12H19N7O2. The van der Waals surface area contributed by atoms with Crippen LogP contribution in [0.4, 0.5) is 5.95 Å². The van der Waals surface area contributed by atoms with Crippen molar-refractivity contribution in [1.29, 1.82) is 0 Å². The smallest absolute Gasteiger partial charge is 0.330 e. The van der Waals surface area contributed by atoms with Gasteiger partial charge in [-0.05, 0) is 12.8 Å². The number of rotatable bonds is 8. The van der Waals surface area contributed by atoms with Crippen molar-refractivity contribution in [1.82, 2.24) is 24.7 Å². The third-order valence-corrected chi connectivity index (χ3v) is 2.43. The highest BCUT2D eigenvalue weighted by Crippen LogP contribution is 2.19. The molecule has 2 rings (SSSR count). The molecule has 0 atom stereocenters. The van der Waals surface area contributed by atoms with Crippen LogP contribution in [0, 0.1) is 0 Å². The van der Waals surface area contributed by atoms with Gasteiger partial charge in [0.05, 0.1) is 19.0 Å². The minimum Gasteiger partial charge on any atom is -0.463 e. The molecule has 0 unspecified atom stereocenters. The number of aryl methyl sites for hydroxylation is 1. The lowest BCUT2D eigenvalue weighted by Crippen LogP contribution is -2.13. The normalized spacial score (nSPS) is 10.4. The third kappa shape index (κ3) is 4.28. The summed E-state index contributed by atoms with van der Waals surface area (Å²) in [7, 11) is 0. The van der Waals surface area contributed by atoms with Crippen molar-refractivity contribution in [3.8, 4) is 17.8 Å². The van der Waals surface area contributed by atoms with Crippen LogP contribution in [0.5, 0.6) is 17.8 Å². The van der Waals surface area contributed by atoms with Crippen LogP contribution in [0.2, 0.25) is 0 Å². The van der Waals surface area contributed by atoms with Crippen LogP contribution in [0.3, 0.4) is 0 Å². The predicted molar refractivity (Wildman–Crippen MR) is 76.0 cm³/mol. The molecule has 0 radical (unpaired) electrons. The zero-order chi connectivity index (χ0) is 15.1. The lowest BCUT2D eigenvalue weighted by molar-refractivity contribution is 0.285. The first-order valence-electron chi connectivity index (χ1n) is 6.81. The van der Waals surface area contributed by atoms with E-state index < -0.39 is 0 Å². The number of nitrogens with zero attached hydrogens (tertiary/aromatic N) is 5.